The molecular weight excluding hydrogens is 558 g/mol. The molecule has 8 nitrogen and oxygen atoms in total. The lowest BCUT2D eigenvalue weighted by atomic mass is 9.89. The van der Waals surface area contributed by atoms with Gasteiger partial charge in [0, 0.05) is 64.3 Å². The number of aryl methyl sites for hydroxylation is 1. The zero-order valence-corrected chi connectivity index (χ0v) is 25.3. The first kappa shape index (κ1) is 28.2. The van der Waals surface area contributed by atoms with Crippen molar-refractivity contribution in [2.45, 2.75) is 65.3 Å². The topological polar surface area (TPSA) is 92.4 Å². The Balaban J connectivity index is 1.40. The molecule has 216 valence electrons. The molecule has 41 heavy (non-hydrogen) atoms. The molecule has 2 aliphatic rings. The van der Waals surface area contributed by atoms with Crippen molar-refractivity contribution in [3.05, 3.63) is 79.0 Å². The van der Waals surface area contributed by atoms with Gasteiger partial charge in [0.1, 0.15) is 0 Å². The molecule has 1 saturated heterocycles. The van der Waals surface area contributed by atoms with E-state index in [4.69, 9.17) is 11.6 Å². The lowest BCUT2D eigenvalue weighted by Crippen LogP contribution is -2.42. The summed E-state index contributed by atoms with van der Waals surface area (Å²) in [5, 5.41) is 14.8. The zero-order chi connectivity index (χ0) is 28.9. The molecule has 10 heteroatoms. The minimum atomic E-state index is -0.731. The largest absolute Gasteiger partial charge is 0.391 e. The second kappa shape index (κ2) is 11.0. The van der Waals surface area contributed by atoms with E-state index in [0.717, 1.165) is 70.1 Å². The minimum absolute atomic E-state index is 0.119. The van der Waals surface area contributed by atoms with Gasteiger partial charge in [0.25, 0.3) is 5.56 Å². The molecule has 0 spiro atoms. The Morgan fingerprint density at radius 2 is 2.02 bits per heavy atom. The highest BCUT2D eigenvalue weighted by molar-refractivity contribution is 7.19. The van der Waals surface area contributed by atoms with E-state index >= 15 is 0 Å². The van der Waals surface area contributed by atoms with Crippen LogP contribution >= 0.6 is 22.9 Å². The van der Waals surface area contributed by atoms with E-state index in [0.29, 0.717) is 6.04 Å². The molecule has 3 aromatic heterocycles. The van der Waals surface area contributed by atoms with Gasteiger partial charge in [-0.1, -0.05) is 32.4 Å². The normalized spacial score (nSPS) is 18.2. The van der Waals surface area contributed by atoms with Crippen molar-refractivity contribution in [3.63, 3.8) is 0 Å². The summed E-state index contributed by atoms with van der Waals surface area (Å²) in [7, 11) is 0. The molecule has 1 aromatic carbocycles. The predicted octanol–water partition coefficient (Wildman–Crippen LogP) is 4.51. The average molecular weight is 594 g/mol. The van der Waals surface area contributed by atoms with E-state index in [-0.39, 0.29) is 18.6 Å². The second-order valence-electron chi connectivity index (χ2n) is 12.2. The van der Waals surface area contributed by atoms with Gasteiger partial charge in [-0.05, 0) is 61.1 Å². The van der Waals surface area contributed by atoms with E-state index in [2.05, 4.69) is 27.3 Å². The van der Waals surface area contributed by atoms with Gasteiger partial charge in [-0.2, -0.15) is 0 Å². The van der Waals surface area contributed by atoms with Gasteiger partial charge in [0.15, 0.2) is 0 Å². The number of hydrogen-bond acceptors (Lipinski definition) is 7. The van der Waals surface area contributed by atoms with Crippen LogP contribution in [0.15, 0.2) is 52.3 Å². The maximum Gasteiger partial charge on any atom is 0.331 e. The van der Waals surface area contributed by atoms with Crippen LogP contribution in [-0.2, 0) is 19.5 Å². The zero-order valence-electron chi connectivity index (χ0n) is 23.7. The number of hydrogen-bond donors (Lipinski definition) is 2. The summed E-state index contributed by atoms with van der Waals surface area (Å²) in [6.45, 7) is 9.04. The number of aliphatic hydroxyl groups is 1. The Kier molecular flexibility index (Phi) is 7.57. The van der Waals surface area contributed by atoms with Gasteiger partial charge >= 0.3 is 5.69 Å². The number of nitrogens with one attached hydrogen (secondary N) is 1. The smallest absolute Gasteiger partial charge is 0.331 e. The summed E-state index contributed by atoms with van der Waals surface area (Å²) in [6, 6.07) is 10.0. The number of rotatable bonds is 6. The molecule has 0 aliphatic carbocycles. The van der Waals surface area contributed by atoms with Crippen LogP contribution < -0.4 is 21.5 Å². The third kappa shape index (κ3) is 5.48. The SMILES string of the molecule is CC(C)(C)C(O)Cn1ccc(=O)n(Cc2cc3nccc(-c4cc(Cl)cc5c4N(C4CCNC4)CCC5)c3s2)c1=O. The Bertz CT molecular complexity index is 1710. The molecule has 1 fully saturated rings. The van der Waals surface area contributed by atoms with E-state index in [1.165, 1.54) is 32.6 Å². The van der Waals surface area contributed by atoms with Gasteiger partial charge in [-0.25, -0.2) is 4.79 Å². The number of benzene rings is 1. The van der Waals surface area contributed by atoms with Crippen molar-refractivity contribution in [1.29, 1.82) is 0 Å². The molecular formula is C31H36ClN5O3S. The summed E-state index contributed by atoms with van der Waals surface area (Å²) in [5.74, 6) is 0. The standard InChI is InChI=1S/C31H36ClN5O3S/c1-31(2,3)26(38)18-35-12-8-27(39)37(30(35)40)17-22-15-25-29(41-22)23(7-10-34-25)24-14-20(32)13-19-5-4-11-36(28(19)24)21-6-9-33-16-21/h7-8,10,12-15,21,26,33,38H,4-6,9,11,16-18H2,1-3H3. The van der Waals surface area contributed by atoms with Crippen molar-refractivity contribution in [1.82, 2.24) is 19.4 Å². The van der Waals surface area contributed by atoms with Crippen molar-refractivity contribution in [2.24, 2.45) is 5.41 Å². The van der Waals surface area contributed by atoms with Gasteiger partial charge in [-0.3, -0.25) is 18.9 Å². The molecule has 0 saturated carbocycles. The number of aliphatic hydroxyl groups excluding tert-OH is 1. The van der Waals surface area contributed by atoms with Crippen molar-refractivity contribution in [2.75, 3.05) is 24.5 Å². The van der Waals surface area contributed by atoms with Crippen molar-refractivity contribution in [3.8, 4) is 11.1 Å². The van der Waals surface area contributed by atoms with Crippen LogP contribution in [0.25, 0.3) is 21.3 Å². The number of pyridine rings is 1. The average Bonchev–Trinajstić information content (AvgIpc) is 3.61. The van der Waals surface area contributed by atoms with Gasteiger partial charge < -0.3 is 15.3 Å². The first-order chi connectivity index (χ1) is 19.6. The third-order valence-electron chi connectivity index (χ3n) is 8.34. The number of thiophene rings is 1. The summed E-state index contributed by atoms with van der Waals surface area (Å²) in [6.07, 6.45) is 5.78. The van der Waals surface area contributed by atoms with Gasteiger partial charge in [0.05, 0.1) is 29.4 Å². The first-order valence-electron chi connectivity index (χ1n) is 14.3. The van der Waals surface area contributed by atoms with Crippen LogP contribution in [0.1, 0.15) is 44.1 Å². The Morgan fingerprint density at radius 3 is 2.78 bits per heavy atom. The fourth-order valence-corrected chi connectivity index (χ4v) is 7.32. The molecule has 2 aliphatic heterocycles. The maximum atomic E-state index is 13.3. The summed E-state index contributed by atoms with van der Waals surface area (Å²) in [4.78, 5) is 34.2. The predicted molar refractivity (Wildman–Crippen MR) is 167 cm³/mol. The van der Waals surface area contributed by atoms with Crippen LogP contribution in [0.5, 0.6) is 0 Å². The maximum absolute atomic E-state index is 13.3. The molecule has 0 amide bonds. The van der Waals surface area contributed by atoms with E-state index in [1.54, 1.807) is 11.3 Å². The second-order valence-corrected chi connectivity index (χ2v) is 13.8. The highest BCUT2D eigenvalue weighted by atomic mass is 35.5. The Labute approximate surface area is 248 Å². The summed E-state index contributed by atoms with van der Waals surface area (Å²) < 4.78 is 3.66. The van der Waals surface area contributed by atoms with E-state index in [1.807, 2.05) is 39.1 Å². The third-order valence-corrected chi connectivity index (χ3v) is 9.70. The summed E-state index contributed by atoms with van der Waals surface area (Å²) >= 11 is 8.23. The molecule has 2 N–H and O–H groups in total. The highest BCUT2D eigenvalue weighted by Gasteiger charge is 2.30. The molecule has 2 atom stereocenters. The lowest BCUT2D eigenvalue weighted by Gasteiger charge is -2.38. The van der Waals surface area contributed by atoms with Crippen LogP contribution in [0.3, 0.4) is 0 Å². The molecule has 4 aromatic rings. The molecule has 2 unspecified atom stereocenters. The summed E-state index contributed by atoms with van der Waals surface area (Å²) in [5.41, 5.74) is 4.34. The van der Waals surface area contributed by atoms with E-state index in [9.17, 15) is 14.7 Å². The highest BCUT2D eigenvalue weighted by Crippen LogP contribution is 2.44. The fraction of sp³-hybridized carbons (Fsp3) is 0.452. The van der Waals surface area contributed by atoms with Crippen LogP contribution in [0.4, 0.5) is 5.69 Å². The fourth-order valence-electron chi connectivity index (χ4n) is 5.95. The van der Waals surface area contributed by atoms with Gasteiger partial charge in [-0.15, -0.1) is 11.3 Å². The lowest BCUT2D eigenvalue weighted by molar-refractivity contribution is 0.0465. The Morgan fingerprint density at radius 1 is 1.20 bits per heavy atom. The minimum Gasteiger partial charge on any atom is -0.391 e. The molecule has 0 radical (unpaired) electrons. The first-order valence-corrected chi connectivity index (χ1v) is 15.5. The van der Waals surface area contributed by atoms with Crippen molar-refractivity contribution < 1.29 is 5.11 Å². The number of fused-ring (bicyclic) bond motifs is 2. The van der Waals surface area contributed by atoms with Crippen LogP contribution in [-0.4, -0.2) is 51.0 Å². The monoisotopic (exact) mass is 593 g/mol. The quantitative estimate of drug-likeness (QED) is 0.342. The van der Waals surface area contributed by atoms with Crippen LogP contribution in [0, 0.1) is 5.41 Å². The molecule has 0 bridgehead atoms. The van der Waals surface area contributed by atoms with Gasteiger partial charge in [0.2, 0.25) is 0 Å². The van der Waals surface area contributed by atoms with Crippen molar-refractivity contribution >= 4 is 38.8 Å². The number of aromatic nitrogens is 3. The van der Waals surface area contributed by atoms with E-state index < -0.39 is 17.2 Å². The molecule has 5 heterocycles. The number of halogens is 1. The van der Waals surface area contributed by atoms with Crippen LogP contribution in [0.2, 0.25) is 5.02 Å². The molecule has 6 rings (SSSR count). The number of nitrogens with zero attached hydrogens (tertiary/aromatic N) is 4. The Hall–Kier alpha value is -2.98. The number of anilines is 1.